The molecule has 0 N–H and O–H groups in total. The lowest BCUT2D eigenvalue weighted by Gasteiger charge is -2.30. The minimum absolute atomic E-state index is 0.0966. The molecule has 0 heterocycles. The summed E-state index contributed by atoms with van der Waals surface area (Å²) < 4.78 is 0. The van der Waals surface area contributed by atoms with E-state index in [2.05, 4.69) is 0 Å². The van der Waals surface area contributed by atoms with Crippen LogP contribution in [0.25, 0.3) is 0 Å². The van der Waals surface area contributed by atoms with E-state index < -0.39 is 0 Å². The Kier molecular flexibility index (Phi) is 4.31. The van der Waals surface area contributed by atoms with Crippen LogP contribution < -0.4 is 0 Å². The maximum atomic E-state index is 11.2. The number of carbonyl (C=O) groups is 2. The lowest BCUT2D eigenvalue weighted by Crippen LogP contribution is -2.35. The van der Waals surface area contributed by atoms with Crippen LogP contribution in [0.3, 0.4) is 0 Å². The van der Waals surface area contributed by atoms with E-state index in [0.29, 0.717) is 12.8 Å². The van der Waals surface area contributed by atoms with Crippen LogP contribution in [0.2, 0.25) is 0 Å². The fourth-order valence-electron chi connectivity index (χ4n) is 1.49. The van der Waals surface area contributed by atoms with E-state index in [4.69, 9.17) is 0 Å². The molecular formula is C11H20O2. The summed E-state index contributed by atoms with van der Waals surface area (Å²) in [6.07, 6.45) is 1.11. The molecule has 0 unspecified atom stereocenters. The fourth-order valence-corrected chi connectivity index (χ4v) is 1.49. The Morgan fingerprint density at radius 1 is 1.08 bits per heavy atom. The van der Waals surface area contributed by atoms with Gasteiger partial charge in [0.25, 0.3) is 0 Å². The summed E-state index contributed by atoms with van der Waals surface area (Å²) in [5, 5.41) is 0. The Bertz CT molecular complexity index is 184. The van der Waals surface area contributed by atoms with Gasteiger partial charge in [0.05, 0.1) is 5.92 Å². The zero-order valence-electron chi connectivity index (χ0n) is 9.31. The monoisotopic (exact) mass is 184 g/mol. The van der Waals surface area contributed by atoms with Gasteiger partial charge in [0.15, 0.2) is 0 Å². The molecule has 0 aromatic heterocycles. The largest absolute Gasteiger partial charge is 0.299 e. The molecule has 0 atom stereocenters. The average Bonchev–Trinajstić information content (AvgIpc) is 2.02. The lowest BCUT2D eigenvalue weighted by molar-refractivity contribution is -0.138. The standard InChI is InChI=1S/C9H14O2.C2H6/c1-6-7(10)4-9(2,3)5-8(6)11;1-2/h6H,4-5H2,1-3H3;1-2H3. The topological polar surface area (TPSA) is 34.1 Å². The molecule has 2 nitrogen and oxygen atoms in total. The highest BCUT2D eigenvalue weighted by Gasteiger charge is 2.36. The normalized spacial score (nSPS) is 22.2. The van der Waals surface area contributed by atoms with E-state index in [1.54, 1.807) is 6.92 Å². The van der Waals surface area contributed by atoms with Crippen LogP contribution in [0, 0.1) is 11.3 Å². The molecule has 1 saturated carbocycles. The van der Waals surface area contributed by atoms with Crippen molar-refractivity contribution in [1.29, 1.82) is 0 Å². The van der Waals surface area contributed by atoms with Crippen molar-refractivity contribution in [2.45, 2.75) is 47.5 Å². The zero-order valence-corrected chi connectivity index (χ0v) is 9.31. The number of hydrogen-bond donors (Lipinski definition) is 0. The van der Waals surface area contributed by atoms with Gasteiger partial charge in [0.2, 0.25) is 0 Å². The van der Waals surface area contributed by atoms with Crippen molar-refractivity contribution in [2.24, 2.45) is 11.3 Å². The van der Waals surface area contributed by atoms with E-state index in [1.165, 1.54) is 0 Å². The molecule has 1 aliphatic rings. The summed E-state index contributed by atoms with van der Waals surface area (Å²) >= 11 is 0. The molecule has 0 saturated heterocycles. The highest BCUT2D eigenvalue weighted by atomic mass is 16.2. The highest BCUT2D eigenvalue weighted by Crippen LogP contribution is 2.33. The third kappa shape index (κ3) is 3.29. The van der Waals surface area contributed by atoms with Gasteiger partial charge in [0.1, 0.15) is 11.6 Å². The molecule has 0 bridgehead atoms. The predicted molar refractivity (Wildman–Crippen MR) is 53.5 cm³/mol. The minimum atomic E-state index is -0.344. The van der Waals surface area contributed by atoms with Crippen molar-refractivity contribution in [3.8, 4) is 0 Å². The average molecular weight is 184 g/mol. The molecule has 0 aromatic rings. The van der Waals surface area contributed by atoms with Crippen LogP contribution in [0.1, 0.15) is 47.5 Å². The van der Waals surface area contributed by atoms with Gasteiger partial charge < -0.3 is 0 Å². The number of ketones is 2. The van der Waals surface area contributed by atoms with Crippen LogP contribution in [-0.4, -0.2) is 11.6 Å². The smallest absolute Gasteiger partial charge is 0.143 e. The summed E-state index contributed by atoms with van der Waals surface area (Å²) in [5.41, 5.74) is -0.0966. The molecule has 76 valence electrons. The van der Waals surface area contributed by atoms with Crippen molar-refractivity contribution in [2.75, 3.05) is 0 Å². The van der Waals surface area contributed by atoms with Gasteiger partial charge in [-0.05, 0) is 12.3 Å². The minimum Gasteiger partial charge on any atom is -0.299 e. The van der Waals surface area contributed by atoms with Crippen LogP contribution in [0.15, 0.2) is 0 Å². The van der Waals surface area contributed by atoms with Crippen molar-refractivity contribution in [3.63, 3.8) is 0 Å². The van der Waals surface area contributed by atoms with E-state index in [-0.39, 0.29) is 22.9 Å². The van der Waals surface area contributed by atoms with E-state index >= 15 is 0 Å². The Balaban J connectivity index is 0.000000671. The molecule has 0 aliphatic heterocycles. The summed E-state index contributed by atoms with van der Waals surface area (Å²) in [6, 6.07) is 0. The first-order chi connectivity index (χ1) is 5.92. The first kappa shape index (κ1) is 12.3. The molecule has 1 aliphatic carbocycles. The number of rotatable bonds is 0. The second-order valence-electron chi connectivity index (χ2n) is 4.17. The molecule has 0 radical (unpaired) electrons. The van der Waals surface area contributed by atoms with Gasteiger partial charge in [-0.25, -0.2) is 0 Å². The van der Waals surface area contributed by atoms with Gasteiger partial charge in [-0.2, -0.15) is 0 Å². The van der Waals surface area contributed by atoms with Crippen LogP contribution >= 0.6 is 0 Å². The molecule has 1 rings (SSSR count). The Morgan fingerprint density at radius 2 is 1.38 bits per heavy atom. The van der Waals surface area contributed by atoms with E-state index in [1.807, 2.05) is 27.7 Å². The maximum absolute atomic E-state index is 11.2. The summed E-state index contributed by atoms with van der Waals surface area (Å²) in [4.78, 5) is 22.4. The summed E-state index contributed by atoms with van der Waals surface area (Å²) in [6.45, 7) is 9.64. The second kappa shape index (κ2) is 4.54. The SMILES string of the molecule is CC.CC1C(=O)CC(C)(C)CC1=O. The predicted octanol–water partition coefficient (Wildman–Crippen LogP) is 2.61. The highest BCUT2D eigenvalue weighted by molar-refractivity contribution is 6.04. The van der Waals surface area contributed by atoms with Gasteiger partial charge in [-0.1, -0.05) is 27.7 Å². The van der Waals surface area contributed by atoms with Crippen LogP contribution in [0.5, 0.6) is 0 Å². The molecule has 0 amide bonds. The molecule has 13 heavy (non-hydrogen) atoms. The molecule has 0 spiro atoms. The van der Waals surface area contributed by atoms with Gasteiger partial charge in [0, 0.05) is 12.8 Å². The van der Waals surface area contributed by atoms with Crippen molar-refractivity contribution < 1.29 is 9.59 Å². The lowest BCUT2D eigenvalue weighted by atomic mass is 9.72. The first-order valence-electron chi connectivity index (χ1n) is 4.98. The molecular weight excluding hydrogens is 164 g/mol. The van der Waals surface area contributed by atoms with Crippen LogP contribution in [0.4, 0.5) is 0 Å². The number of carbonyl (C=O) groups excluding carboxylic acids is 2. The maximum Gasteiger partial charge on any atom is 0.143 e. The Morgan fingerprint density at radius 3 is 1.69 bits per heavy atom. The molecule has 1 fully saturated rings. The van der Waals surface area contributed by atoms with Crippen LogP contribution in [-0.2, 0) is 9.59 Å². The van der Waals surface area contributed by atoms with E-state index in [0.717, 1.165) is 0 Å². The van der Waals surface area contributed by atoms with Crippen molar-refractivity contribution >= 4 is 11.6 Å². The summed E-state index contributed by atoms with van der Waals surface area (Å²) in [7, 11) is 0. The third-order valence-electron chi connectivity index (χ3n) is 2.27. The van der Waals surface area contributed by atoms with Gasteiger partial charge >= 0.3 is 0 Å². The fraction of sp³-hybridized carbons (Fsp3) is 0.818. The summed E-state index contributed by atoms with van der Waals surface area (Å²) in [5.74, 6) is -0.138. The first-order valence-corrected chi connectivity index (χ1v) is 4.98. The Labute approximate surface area is 80.7 Å². The van der Waals surface area contributed by atoms with Crippen molar-refractivity contribution in [1.82, 2.24) is 0 Å². The van der Waals surface area contributed by atoms with Gasteiger partial charge in [-0.15, -0.1) is 0 Å². The van der Waals surface area contributed by atoms with E-state index in [9.17, 15) is 9.59 Å². The number of Topliss-reactive ketones (excluding diaryl/α,β-unsaturated/α-hetero) is 2. The zero-order chi connectivity index (χ0) is 10.6. The Hall–Kier alpha value is -0.660. The second-order valence-corrected chi connectivity index (χ2v) is 4.17. The molecule has 2 heteroatoms. The third-order valence-corrected chi connectivity index (χ3v) is 2.27. The number of hydrogen-bond acceptors (Lipinski definition) is 2. The van der Waals surface area contributed by atoms with Gasteiger partial charge in [-0.3, -0.25) is 9.59 Å². The van der Waals surface area contributed by atoms with Crippen molar-refractivity contribution in [3.05, 3.63) is 0 Å². The quantitative estimate of drug-likeness (QED) is 0.542. The molecule has 0 aromatic carbocycles.